The standard InChI is InChI=1S/C30H34F2N4O/c1-20(2)7-8-23(13-21(3)19-36-11-5-4-6-12-36)24-9-10-28-27(16-24)29(35-34-28)30(37)33-18-22-14-25(31)17-26(32)15-22/h8-10,13-17H,1,4-7,11-12,18-19H2,2-3H3,(H,33,37)(H,34,35)/b21-13+,23-8+. The quantitative estimate of drug-likeness (QED) is 0.257. The fraction of sp³-hybridized carbons (Fsp3) is 0.333. The van der Waals surface area contributed by atoms with Gasteiger partial charge in [0.1, 0.15) is 11.6 Å². The number of hydrogen-bond acceptors (Lipinski definition) is 3. The molecule has 0 bridgehead atoms. The Bertz CT molecular complexity index is 1330. The van der Waals surface area contributed by atoms with Gasteiger partial charge in [0.15, 0.2) is 5.69 Å². The number of aromatic amines is 1. The summed E-state index contributed by atoms with van der Waals surface area (Å²) in [5.41, 5.74) is 5.71. The number of halogens is 2. The largest absolute Gasteiger partial charge is 0.347 e. The smallest absolute Gasteiger partial charge is 0.272 e. The lowest BCUT2D eigenvalue weighted by Crippen LogP contribution is -2.31. The second-order valence-electron chi connectivity index (χ2n) is 9.94. The molecule has 0 unspecified atom stereocenters. The van der Waals surface area contributed by atoms with Gasteiger partial charge in [-0.2, -0.15) is 5.10 Å². The zero-order valence-electron chi connectivity index (χ0n) is 21.5. The van der Waals surface area contributed by atoms with Crippen molar-refractivity contribution in [2.24, 2.45) is 0 Å². The summed E-state index contributed by atoms with van der Waals surface area (Å²) in [7, 11) is 0. The first kappa shape index (κ1) is 26.5. The Morgan fingerprint density at radius 1 is 1.11 bits per heavy atom. The maximum Gasteiger partial charge on any atom is 0.272 e. The van der Waals surface area contributed by atoms with Gasteiger partial charge in [0, 0.05) is 24.5 Å². The van der Waals surface area contributed by atoms with Gasteiger partial charge in [-0.15, -0.1) is 0 Å². The summed E-state index contributed by atoms with van der Waals surface area (Å²) in [6.45, 7) is 11.4. The van der Waals surface area contributed by atoms with E-state index in [2.05, 4.69) is 46.1 Å². The lowest BCUT2D eigenvalue weighted by molar-refractivity contribution is 0.0947. The molecule has 37 heavy (non-hydrogen) atoms. The Balaban J connectivity index is 1.58. The number of likely N-dealkylation sites (tertiary alicyclic amines) is 1. The van der Waals surface area contributed by atoms with Crippen LogP contribution in [0, 0.1) is 11.6 Å². The van der Waals surface area contributed by atoms with Crippen LogP contribution in [0.1, 0.15) is 61.1 Å². The van der Waals surface area contributed by atoms with Gasteiger partial charge < -0.3 is 5.32 Å². The number of hydrogen-bond donors (Lipinski definition) is 2. The highest BCUT2D eigenvalue weighted by Crippen LogP contribution is 2.26. The number of aromatic nitrogens is 2. The van der Waals surface area contributed by atoms with Crippen molar-refractivity contribution in [2.75, 3.05) is 19.6 Å². The summed E-state index contributed by atoms with van der Waals surface area (Å²) in [6.07, 6.45) is 8.95. The highest BCUT2D eigenvalue weighted by Gasteiger charge is 2.16. The van der Waals surface area contributed by atoms with E-state index in [1.807, 2.05) is 25.1 Å². The van der Waals surface area contributed by atoms with Crippen LogP contribution in [-0.2, 0) is 6.54 Å². The Morgan fingerprint density at radius 2 is 1.84 bits per heavy atom. The number of allylic oxidation sites excluding steroid dienone is 4. The van der Waals surface area contributed by atoms with E-state index in [9.17, 15) is 13.6 Å². The Labute approximate surface area is 216 Å². The molecule has 2 N–H and O–H groups in total. The molecule has 1 aliphatic rings. The number of carbonyl (C=O) groups is 1. The Morgan fingerprint density at radius 3 is 2.54 bits per heavy atom. The second kappa shape index (κ2) is 12.1. The number of rotatable bonds is 9. The van der Waals surface area contributed by atoms with E-state index in [1.165, 1.54) is 37.0 Å². The van der Waals surface area contributed by atoms with Crippen LogP contribution in [0.15, 0.2) is 66.3 Å². The van der Waals surface area contributed by atoms with Crippen LogP contribution in [-0.4, -0.2) is 40.6 Å². The Hall–Kier alpha value is -3.58. The molecule has 1 aromatic heterocycles. The third-order valence-corrected chi connectivity index (χ3v) is 6.48. The van der Waals surface area contributed by atoms with Gasteiger partial charge in [-0.3, -0.25) is 14.8 Å². The fourth-order valence-electron chi connectivity index (χ4n) is 4.67. The summed E-state index contributed by atoms with van der Waals surface area (Å²) >= 11 is 0. The first-order valence-electron chi connectivity index (χ1n) is 12.7. The van der Waals surface area contributed by atoms with Gasteiger partial charge in [0.2, 0.25) is 0 Å². The van der Waals surface area contributed by atoms with E-state index in [0.29, 0.717) is 10.9 Å². The number of nitrogens with one attached hydrogen (secondary N) is 2. The van der Waals surface area contributed by atoms with Gasteiger partial charge in [0.25, 0.3) is 5.91 Å². The molecule has 0 saturated carbocycles. The van der Waals surface area contributed by atoms with Crippen molar-refractivity contribution in [3.05, 3.63) is 94.7 Å². The molecule has 1 fully saturated rings. The van der Waals surface area contributed by atoms with E-state index in [0.717, 1.165) is 54.3 Å². The lowest BCUT2D eigenvalue weighted by Gasteiger charge is -2.26. The molecule has 0 atom stereocenters. The van der Waals surface area contributed by atoms with Crippen LogP contribution in [0.25, 0.3) is 16.5 Å². The van der Waals surface area contributed by atoms with Crippen LogP contribution < -0.4 is 5.32 Å². The summed E-state index contributed by atoms with van der Waals surface area (Å²) in [4.78, 5) is 15.4. The molecule has 5 nitrogen and oxygen atoms in total. The molecule has 4 rings (SSSR count). The van der Waals surface area contributed by atoms with Gasteiger partial charge in [-0.25, -0.2) is 8.78 Å². The van der Waals surface area contributed by atoms with E-state index in [4.69, 9.17) is 0 Å². The number of carbonyl (C=O) groups excluding carboxylic acids is 1. The third kappa shape index (κ3) is 7.23. The molecule has 0 radical (unpaired) electrons. The van der Waals surface area contributed by atoms with Gasteiger partial charge in [-0.1, -0.05) is 42.4 Å². The third-order valence-electron chi connectivity index (χ3n) is 6.48. The van der Waals surface area contributed by atoms with Crippen molar-refractivity contribution in [2.45, 2.75) is 46.1 Å². The summed E-state index contributed by atoms with van der Waals surface area (Å²) < 4.78 is 27.0. The first-order chi connectivity index (χ1) is 17.8. The normalized spacial score (nSPS) is 15.2. The highest BCUT2D eigenvalue weighted by atomic mass is 19.1. The number of nitrogens with zero attached hydrogens (tertiary/aromatic N) is 2. The molecule has 2 heterocycles. The van der Waals surface area contributed by atoms with E-state index >= 15 is 0 Å². The number of piperidine rings is 1. The van der Waals surface area contributed by atoms with Crippen molar-refractivity contribution in [1.29, 1.82) is 0 Å². The highest BCUT2D eigenvalue weighted by molar-refractivity contribution is 6.05. The average molecular weight is 505 g/mol. The predicted molar refractivity (Wildman–Crippen MR) is 145 cm³/mol. The monoisotopic (exact) mass is 504 g/mol. The maximum absolute atomic E-state index is 13.5. The van der Waals surface area contributed by atoms with E-state index < -0.39 is 17.5 Å². The number of H-pyrrole nitrogens is 1. The van der Waals surface area contributed by atoms with Crippen LogP contribution in [0.5, 0.6) is 0 Å². The summed E-state index contributed by atoms with van der Waals surface area (Å²) in [5.74, 6) is -1.79. The summed E-state index contributed by atoms with van der Waals surface area (Å²) in [6, 6.07) is 9.09. The molecule has 1 saturated heterocycles. The zero-order valence-corrected chi connectivity index (χ0v) is 21.5. The van der Waals surface area contributed by atoms with Crippen molar-refractivity contribution >= 4 is 22.4 Å². The molecular formula is C30H34F2N4O. The molecule has 0 aliphatic carbocycles. The number of amides is 1. The minimum Gasteiger partial charge on any atom is -0.347 e. The number of benzene rings is 2. The Kier molecular flexibility index (Phi) is 8.66. The molecule has 3 aromatic rings. The van der Waals surface area contributed by atoms with Crippen molar-refractivity contribution in [3.63, 3.8) is 0 Å². The van der Waals surface area contributed by atoms with Crippen LogP contribution in [0.4, 0.5) is 8.78 Å². The van der Waals surface area contributed by atoms with Gasteiger partial charge in [-0.05, 0) is 87.2 Å². The molecular weight excluding hydrogens is 470 g/mol. The molecule has 7 heteroatoms. The zero-order chi connectivity index (χ0) is 26.4. The van der Waals surface area contributed by atoms with Crippen molar-refractivity contribution < 1.29 is 13.6 Å². The van der Waals surface area contributed by atoms with Crippen LogP contribution in [0.2, 0.25) is 0 Å². The van der Waals surface area contributed by atoms with Crippen LogP contribution in [0.3, 0.4) is 0 Å². The van der Waals surface area contributed by atoms with Gasteiger partial charge in [0.05, 0.1) is 5.52 Å². The van der Waals surface area contributed by atoms with Gasteiger partial charge >= 0.3 is 0 Å². The molecule has 0 spiro atoms. The minimum absolute atomic E-state index is 0.0102. The summed E-state index contributed by atoms with van der Waals surface area (Å²) in [5, 5.41) is 10.5. The maximum atomic E-state index is 13.5. The van der Waals surface area contributed by atoms with E-state index in [1.54, 1.807) is 0 Å². The van der Waals surface area contributed by atoms with Crippen LogP contribution >= 0.6 is 0 Å². The fourth-order valence-corrected chi connectivity index (χ4v) is 4.67. The molecule has 2 aromatic carbocycles. The predicted octanol–water partition coefficient (Wildman–Crippen LogP) is 6.55. The van der Waals surface area contributed by atoms with E-state index in [-0.39, 0.29) is 12.2 Å². The average Bonchev–Trinajstić information content (AvgIpc) is 3.28. The SMILES string of the molecule is C=C(C)C/C=C(\C=C(/C)CN1CCCCC1)c1ccc2[nH]nc(C(=O)NCc3cc(F)cc(F)c3)c2c1. The topological polar surface area (TPSA) is 61.0 Å². The first-order valence-corrected chi connectivity index (χ1v) is 12.7. The van der Waals surface area contributed by atoms with Crippen molar-refractivity contribution in [3.8, 4) is 0 Å². The molecule has 1 aliphatic heterocycles. The second-order valence-corrected chi connectivity index (χ2v) is 9.94. The number of fused-ring (bicyclic) bond motifs is 1. The lowest BCUT2D eigenvalue weighted by atomic mass is 9.98. The molecule has 194 valence electrons. The minimum atomic E-state index is -0.683. The molecule has 1 amide bonds. The van der Waals surface area contributed by atoms with Crippen molar-refractivity contribution in [1.82, 2.24) is 20.4 Å².